The summed E-state index contributed by atoms with van der Waals surface area (Å²) in [6.07, 6.45) is 0.786. The van der Waals surface area contributed by atoms with Gasteiger partial charge in [-0.3, -0.25) is 10.2 Å². The van der Waals surface area contributed by atoms with Crippen LogP contribution in [-0.2, 0) is 4.79 Å². The number of Topliss-reactive ketones (excluding diaryl/α,β-unsaturated/α-hetero) is 1. The summed E-state index contributed by atoms with van der Waals surface area (Å²) in [6.45, 7) is 1.92. The van der Waals surface area contributed by atoms with Gasteiger partial charge in [0.05, 0.1) is 20.0 Å². The number of hydrogen-bond donors (Lipinski definition) is 4. The topological polar surface area (TPSA) is 112 Å². The summed E-state index contributed by atoms with van der Waals surface area (Å²) in [6, 6.07) is 20.4. The first-order chi connectivity index (χ1) is 16.5. The van der Waals surface area contributed by atoms with Gasteiger partial charge in [-0.1, -0.05) is 60.2 Å². The summed E-state index contributed by atoms with van der Waals surface area (Å²) in [4.78, 5) is 13.6. The van der Waals surface area contributed by atoms with E-state index < -0.39 is 11.8 Å². The third kappa shape index (κ3) is 6.02. The maximum absolute atomic E-state index is 13.6. The Hall–Kier alpha value is -4.10. The Morgan fingerprint density at radius 1 is 1.06 bits per heavy atom. The summed E-state index contributed by atoms with van der Waals surface area (Å²) < 4.78 is 10.9. The van der Waals surface area contributed by atoms with Crippen LogP contribution in [0, 0.1) is 12.3 Å². The lowest BCUT2D eigenvalue weighted by atomic mass is 9.92. The van der Waals surface area contributed by atoms with Gasteiger partial charge in [-0.05, 0) is 18.1 Å². The maximum atomic E-state index is 13.6. The number of ketones is 1. The van der Waals surface area contributed by atoms with E-state index in [4.69, 9.17) is 20.0 Å². The molecule has 0 heterocycles. The summed E-state index contributed by atoms with van der Waals surface area (Å²) in [5.41, 5.74) is 2.59. The molecule has 0 radical (unpaired) electrons. The fourth-order valence-electron chi connectivity index (χ4n) is 3.42. The molecule has 0 saturated heterocycles. The predicted octanol–water partition coefficient (Wildman–Crippen LogP) is 4.72. The molecule has 176 valence electrons. The highest BCUT2D eigenvalue weighted by molar-refractivity contribution is 6.56. The van der Waals surface area contributed by atoms with Gasteiger partial charge in [0.25, 0.3) is 0 Å². The third-order valence-electron chi connectivity index (χ3n) is 5.19. The van der Waals surface area contributed by atoms with Crippen LogP contribution in [0.3, 0.4) is 0 Å². The van der Waals surface area contributed by atoms with Crippen LogP contribution in [0.5, 0.6) is 11.5 Å². The number of anilines is 1. The zero-order valence-corrected chi connectivity index (χ0v) is 19.1. The Kier molecular flexibility index (Phi) is 8.43. The molecule has 0 saturated carbocycles. The Labute approximate surface area is 198 Å². The number of aryl methyl sites for hydroxylation is 1. The number of carbonyl (C=O) groups excluding carboxylic acids is 1. The Morgan fingerprint density at radius 3 is 2.35 bits per heavy atom. The number of carbonyl (C=O) groups is 1. The molecule has 0 amide bonds. The standard InChI is InChI=1S/C27H28N2O5/c1-18-8-10-20(11-9-18)26(27(32)25(28)24(17-31)19-6-4-3-5-7-19)29-21-14-22(33-2)16-23(15-21)34-13-12-30/h3-11,14-17,26,28-31H,12-13H2,1-2H3/b24-17-,28-25?. The molecule has 0 aromatic heterocycles. The van der Waals surface area contributed by atoms with Crippen molar-refractivity contribution >= 4 is 22.8 Å². The van der Waals surface area contributed by atoms with Crippen LogP contribution in [0.25, 0.3) is 5.57 Å². The highest BCUT2D eigenvalue weighted by Gasteiger charge is 2.27. The number of methoxy groups -OCH3 is 1. The van der Waals surface area contributed by atoms with E-state index >= 15 is 0 Å². The summed E-state index contributed by atoms with van der Waals surface area (Å²) >= 11 is 0. The minimum atomic E-state index is -0.912. The molecule has 34 heavy (non-hydrogen) atoms. The molecule has 0 bridgehead atoms. The molecule has 7 heteroatoms. The van der Waals surface area contributed by atoms with Crippen molar-refractivity contribution in [1.29, 1.82) is 5.41 Å². The zero-order chi connectivity index (χ0) is 24.5. The smallest absolute Gasteiger partial charge is 0.207 e. The fourth-order valence-corrected chi connectivity index (χ4v) is 3.42. The second-order valence-electron chi connectivity index (χ2n) is 7.61. The third-order valence-corrected chi connectivity index (χ3v) is 5.19. The van der Waals surface area contributed by atoms with Crippen molar-refractivity contribution in [2.24, 2.45) is 0 Å². The van der Waals surface area contributed by atoms with E-state index in [9.17, 15) is 9.90 Å². The molecule has 0 aliphatic rings. The first kappa shape index (κ1) is 24.5. The van der Waals surface area contributed by atoms with E-state index in [1.54, 1.807) is 42.5 Å². The first-order valence-corrected chi connectivity index (χ1v) is 10.8. The average molecular weight is 461 g/mol. The first-order valence-electron chi connectivity index (χ1n) is 10.8. The van der Waals surface area contributed by atoms with Crippen LogP contribution in [-0.4, -0.2) is 42.0 Å². The number of aliphatic hydroxyl groups is 2. The van der Waals surface area contributed by atoms with Gasteiger partial charge in [0, 0.05) is 29.5 Å². The van der Waals surface area contributed by atoms with Crippen molar-refractivity contribution in [3.8, 4) is 11.5 Å². The monoisotopic (exact) mass is 460 g/mol. The number of allylic oxidation sites excluding steroid dienone is 1. The Balaban J connectivity index is 1.99. The van der Waals surface area contributed by atoms with E-state index in [2.05, 4.69) is 5.32 Å². The van der Waals surface area contributed by atoms with Crippen LogP contribution < -0.4 is 14.8 Å². The number of ether oxygens (including phenoxy) is 2. The van der Waals surface area contributed by atoms with Gasteiger partial charge >= 0.3 is 0 Å². The lowest BCUT2D eigenvalue weighted by molar-refractivity contribution is -0.113. The Morgan fingerprint density at radius 2 is 1.74 bits per heavy atom. The molecule has 1 atom stereocenters. The molecule has 0 aliphatic heterocycles. The van der Waals surface area contributed by atoms with E-state index in [0.29, 0.717) is 28.3 Å². The summed E-state index contributed by atoms with van der Waals surface area (Å²) in [5.74, 6) is 0.443. The number of rotatable bonds is 11. The van der Waals surface area contributed by atoms with Gasteiger partial charge in [0.15, 0.2) is 0 Å². The summed E-state index contributed by atoms with van der Waals surface area (Å²) in [7, 11) is 1.52. The van der Waals surface area contributed by atoms with Crippen molar-refractivity contribution in [2.45, 2.75) is 13.0 Å². The predicted molar refractivity (Wildman–Crippen MR) is 133 cm³/mol. The highest BCUT2D eigenvalue weighted by Crippen LogP contribution is 2.30. The van der Waals surface area contributed by atoms with Gasteiger partial charge in [0.1, 0.15) is 29.9 Å². The van der Waals surface area contributed by atoms with Gasteiger partial charge in [0.2, 0.25) is 5.78 Å². The van der Waals surface area contributed by atoms with E-state index in [1.807, 2.05) is 37.3 Å². The highest BCUT2D eigenvalue weighted by atomic mass is 16.5. The summed E-state index contributed by atoms with van der Waals surface area (Å²) in [5, 5.41) is 30.7. The molecule has 4 N–H and O–H groups in total. The molecule has 0 aliphatic carbocycles. The molecule has 3 aromatic rings. The SMILES string of the molecule is COc1cc(NC(C(=O)C(=N)/C(=C\O)c2ccccc2)c2ccc(C)cc2)cc(OCCO)c1. The zero-order valence-electron chi connectivity index (χ0n) is 19.1. The van der Waals surface area contributed by atoms with Gasteiger partial charge in [-0.25, -0.2) is 0 Å². The molecule has 1 unspecified atom stereocenters. The molecule has 3 rings (SSSR count). The van der Waals surface area contributed by atoms with Crippen LogP contribution >= 0.6 is 0 Å². The fraction of sp³-hybridized carbons (Fsp3) is 0.185. The van der Waals surface area contributed by atoms with Crippen molar-refractivity contribution in [3.05, 3.63) is 95.7 Å². The molecular weight excluding hydrogens is 432 g/mol. The van der Waals surface area contributed by atoms with Crippen LogP contribution in [0.2, 0.25) is 0 Å². The van der Waals surface area contributed by atoms with E-state index in [1.165, 1.54) is 7.11 Å². The minimum Gasteiger partial charge on any atom is -0.515 e. The molecule has 0 spiro atoms. The average Bonchev–Trinajstić information content (AvgIpc) is 2.87. The molecule has 3 aromatic carbocycles. The van der Waals surface area contributed by atoms with Gasteiger partial charge < -0.3 is 25.0 Å². The van der Waals surface area contributed by atoms with Crippen LogP contribution in [0.15, 0.2) is 79.1 Å². The molecular formula is C27H28N2O5. The molecule has 7 nitrogen and oxygen atoms in total. The Bertz CT molecular complexity index is 1160. The lowest BCUT2D eigenvalue weighted by Crippen LogP contribution is -2.28. The van der Waals surface area contributed by atoms with Crippen LogP contribution in [0.1, 0.15) is 22.7 Å². The largest absolute Gasteiger partial charge is 0.515 e. The maximum Gasteiger partial charge on any atom is 0.207 e. The normalized spacial score (nSPS) is 12.0. The number of aliphatic hydroxyl groups excluding tert-OH is 2. The van der Waals surface area contributed by atoms with E-state index in [0.717, 1.165) is 11.8 Å². The van der Waals surface area contributed by atoms with E-state index in [-0.39, 0.29) is 24.5 Å². The number of hydrogen-bond acceptors (Lipinski definition) is 7. The lowest BCUT2D eigenvalue weighted by Gasteiger charge is -2.21. The van der Waals surface area contributed by atoms with Crippen molar-refractivity contribution in [3.63, 3.8) is 0 Å². The van der Waals surface area contributed by atoms with Crippen molar-refractivity contribution in [1.82, 2.24) is 0 Å². The number of benzene rings is 3. The van der Waals surface area contributed by atoms with Crippen molar-refractivity contribution in [2.75, 3.05) is 25.6 Å². The second kappa shape index (κ2) is 11.7. The van der Waals surface area contributed by atoms with Crippen molar-refractivity contribution < 1.29 is 24.5 Å². The molecule has 0 fully saturated rings. The minimum absolute atomic E-state index is 0.110. The van der Waals surface area contributed by atoms with Gasteiger partial charge in [-0.2, -0.15) is 0 Å². The van der Waals surface area contributed by atoms with Crippen LogP contribution in [0.4, 0.5) is 5.69 Å². The quantitative estimate of drug-likeness (QED) is 0.243. The van der Waals surface area contributed by atoms with Gasteiger partial charge in [-0.15, -0.1) is 0 Å². The number of nitrogens with one attached hydrogen (secondary N) is 2. The second-order valence-corrected chi connectivity index (χ2v) is 7.61.